The fraction of sp³-hybridized carbons (Fsp3) is 0.429. The second-order valence-electron chi connectivity index (χ2n) is 13.2. The fourth-order valence-corrected chi connectivity index (χ4v) is 6.12. The predicted octanol–water partition coefficient (Wildman–Crippen LogP) is 8.23. The molecule has 3 aromatic carbocycles. The summed E-state index contributed by atoms with van der Waals surface area (Å²) in [5.74, 6) is 2.11. The summed E-state index contributed by atoms with van der Waals surface area (Å²) < 4.78 is 11.7. The van der Waals surface area contributed by atoms with Crippen molar-refractivity contribution in [2.24, 2.45) is 0 Å². The number of likely N-dealkylation sites (tertiary alicyclic amines) is 1. The highest BCUT2D eigenvalue weighted by Crippen LogP contribution is 2.24. The lowest BCUT2D eigenvalue weighted by Gasteiger charge is -2.24. The van der Waals surface area contributed by atoms with Gasteiger partial charge in [0.05, 0.1) is 19.6 Å². The quantitative estimate of drug-likeness (QED) is 0.101. The lowest BCUT2D eigenvalue weighted by molar-refractivity contribution is -0.135. The first-order chi connectivity index (χ1) is 24.5. The molecular formula is C42H52N4O4. The van der Waals surface area contributed by atoms with Gasteiger partial charge in [-0.1, -0.05) is 94.5 Å². The Bertz CT molecular complexity index is 1600. The van der Waals surface area contributed by atoms with Crippen LogP contribution in [0.25, 0.3) is 22.5 Å². The summed E-state index contributed by atoms with van der Waals surface area (Å²) in [6, 6.07) is 23.0. The number of nitrogens with one attached hydrogen (secondary N) is 1. The largest absolute Gasteiger partial charge is 0.494 e. The molecule has 1 atom stereocenters. The van der Waals surface area contributed by atoms with Crippen molar-refractivity contribution in [3.8, 4) is 34.0 Å². The second kappa shape index (κ2) is 19.5. The van der Waals surface area contributed by atoms with Crippen LogP contribution in [0.3, 0.4) is 0 Å². The number of benzene rings is 3. The molecule has 1 aliphatic rings. The van der Waals surface area contributed by atoms with Gasteiger partial charge in [-0.25, -0.2) is 9.97 Å². The number of carbonyl (C=O) groups is 2. The summed E-state index contributed by atoms with van der Waals surface area (Å²) in [7, 11) is 0. The van der Waals surface area contributed by atoms with E-state index >= 15 is 0 Å². The maximum absolute atomic E-state index is 13.5. The number of carbonyl (C=O) groups excluding carboxylic acids is 2. The van der Waals surface area contributed by atoms with Gasteiger partial charge in [0.25, 0.3) is 0 Å². The van der Waals surface area contributed by atoms with E-state index in [1.54, 1.807) is 0 Å². The molecule has 2 heterocycles. The molecule has 8 heteroatoms. The van der Waals surface area contributed by atoms with E-state index in [-0.39, 0.29) is 18.2 Å². The molecule has 0 spiro atoms. The zero-order valence-electron chi connectivity index (χ0n) is 29.7. The van der Waals surface area contributed by atoms with Crippen molar-refractivity contribution in [1.29, 1.82) is 0 Å². The molecule has 1 fully saturated rings. The first-order valence-electron chi connectivity index (χ1n) is 18.5. The maximum Gasteiger partial charge on any atom is 0.245 e. The van der Waals surface area contributed by atoms with Gasteiger partial charge < -0.3 is 19.7 Å². The van der Waals surface area contributed by atoms with Crippen molar-refractivity contribution in [2.45, 2.75) is 90.5 Å². The Hall–Kier alpha value is -4.72. The molecule has 1 aliphatic heterocycles. The van der Waals surface area contributed by atoms with Crippen molar-refractivity contribution in [1.82, 2.24) is 20.2 Å². The van der Waals surface area contributed by atoms with Gasteiger partial charge in [0.15, 0.2) is 5.82 Å². The van der Waals surface area contributed by atoms with Gasteiger partial charge >= 0.3 is 0 Å². The van der Waals surface area contributed by atoms with Crippen molar-refractivity contribution < 1.29 is 19.1 Å². The van der Waals surface area contributed by atoms with Crippen LogP contribution in [0.1, 0.15) is 82.8 Å². The molecule has 1 saturated heterocycles. The highest BCUT2D eigenvalue weighted by molar-refractivity contribution is 5.89. The predicted molar refractivity (Wildman–Crippen MR) is 199 cm³/mol. The number of ether oxygens (including phenoxy) is 2. The third kappa shape index (κ3) is 11.2. The number of hydrogen-bond acceptors (Lipinski definition) is 6. The zero-order chi connectivity index (χ0) is 35.0. The van der Waals surface area contributed by atoms with Crippen LogP contribution in [-0.4, -0.2) is 59.0 Å². The van der Waals surface area contributed by atoms with E-state index in [0.29, 0.717) is 18.9 Å². The van der Waals surface area contributed by atoms with E-state index in [9.17, 15) is 9.59 Å². The molecule has 0 bridgehead atoms. The Kier molecular flexibility index (Phi) is 14.2. The first-order valence-corrected chi connectivity index (χ1v) is 18.5. The number of aromatic nitrogens is 2. The summed E-state index contributed by atoms with van der Waals surface area (Å²) in [4.78, 5) is 37.8. The summed E-state index contributed by atoms with van der Waals surface area (Å²) in [5.41, 5.74) is 4.69. The average molecular weight is 677 g/mol. The van der Waals surface area contributed by atoms with Gasteiger partial charge in [-0.3, -0.25) is 9.59 Å². The highest BCUT2D eigenvalue weighted by atomic mass is 16.5. The van der Waals surface area contributed by atoms with Crippen LogP contribution in [0.15, 0.2) is 85.2 Å². The van der Waals surface area contributed by atoms with Gasteiger partial charge in [-0.05, 0) is 66.6 Å². The van der Waals surface area contributed by atoms with Gasteiger partial charge in [0.2, 0.25) is 11.8 Å². The fourth-order valence-electron chi connectivity index (χ4n) is 6.12. The summed E-state index contributed by atoms with van der Waals surface area (Å²) in [6.45, 7) is 7.24. The summed E-state index contributed by atoms with van der Waals surface area (Å²) in [5, 5.41) is 3.04. The Morgan fingerprint density at radius 1 is 0.680 bits per heavy atom. The van der Waals surface area contributed by atoms with Crippen LogP contribution in [0, 0.1) is 0 Å². The average Bonchev–Trinajstić information content (AvgIpc) is 3.69. The van der Waals surface area contributed by atoms with Gasteiger partial charge in [-0.2, -0.15) is 0 Å². The lowest BCUT2D eigenvalue weighted by atomic mass is 10.0. The van der Waals surface area contributed by atoms with Gasteiger partial charge in [0.1, 0.15) is 17.5 Å². The molecular weight excluding hydrogens is 624 g/mol. The standard InChI is InChI=1S/C42H52N4O4/c1-3-5-7-8-11-27-50-38-22-18-34(19-23-38)36-30-43-41(44-31-36)35-16-12-32(13-17-35)28-39(42(48)46-24-9-10-25-46)45-40(47)29-33-14-20-37(21-15-33)49-26-6-4-2/h12-23,30-31,39H,3-11,24-29H2,1-2H3,(H,45,47)/t39-/m0/s1. The van der Waals surface area contributed by atoms with Crippen molar-refractivity contribution in [2.75, 3.05) is 26.3 Å². The minimum absolute atomic E-state index is 0.0273. The molecule has 5 rings (SSSR count). The number of unbranched alkanes of at least 4 members (excludes halogenated alkanes) is 5. The molecule has 4 aromatic rings. The Balaban J connectivity index is 1.16. The van der Waals surface area contributed by atoms with E-state index in [1.165, 1.54) is 25.7 Å². The van der Waals surface area contributed by atoms with Crippen LogP contribution in [0.4, 0.5) is 0 Å². The number of amides is 2. The monoisotopic (exact) mass is 676 g/mol. The molecule has 50 heavy (non-hydrogen) atoms. The highest BCUT2D eigenvalue weighted by Gasteiger charge is 2.28. The van der Waals surface area contributed by atoms with E-state index in [1.807, 2.05) is 90.1 Å². The third-order valence-corrected chi connectivity index (χ3v) is 9.11. The summed E-state index contributed by atoms with van der Waals surface area (Å²) >= 11 is 0. The molecule has 1 N–H and O–H groups in total. The molecule has 0 radical (unpaired) electrons. The van der Waals surface area contributed by atoms with Gasteiger partial charge in [0, 0.05) is 43.0 Å². The number of rotatable bonds is 19. The Morgan fingerprint density at radius 3 is 1.88 bits per heavy atom. The van der Waals surface area contributed by atoms with E-state index < -0.39 is 6.04 Å². The SMILES string of the molecule is CCCCCCCOc1ccc(-c2cnc(-c3ccc(C[C@H](NC(=O)Cc4ccc(OCCCC)cc4)C(=O)N4CCCC4)cc3)nc2)cc1. The van der Waals surface area contributed by atoms with Crippen molar-refractivity contribution in [3.05, 3.63) is 96.3 Å². The van der Waals surface area contributed by atoms with E-state index in [2.05, 4.69) is 29.1 Å². The third-order valence-electron chi connectivity index (χ3n) is 9.11. The first kappa shape index (κ1) is 36.6. The normalized spacial score (nSPS) is 13.2. The summed E-state index contributed by atoms with van der Waals surface area (Å²) in [6.07, 6.45) is 14.4. The van der Waals surface area contributed by atoms with E-state index in [0.717, 1.165) is 91.1 Å². The Morgan fingerprint density at radius 2 is 1.24 bits per heavy atom. The molecule has 8 nitrogen and oxygen atoms in total. The Labute approximate surface area is 297 Å². The minimum Gasteiger partial charge on any atom is -0.494 e. The number of nitrogens with zero attached hydrogens (tertiary/aromatic N) is 3. The van der Waals surface area contributed by atoms with Gasteiger partial charge in [-0.15, -0.1) is 0 Å². The maximum atomic E-state index is 13.5. The van der Waals surface area contributed by atoms with Crippen LogP contribution in [0.5, 0.6) is 11.5 Å². The van der Waals surface area contributed by atoms with Crippen LogP contribution < -0.4 is 14.8 Å². The topological polar surface area (TPSA) is 93.7 Å². The molecule has 2 amide bonds. The number of hydrogen-bond donors (Lipinski definition) is 1. The second-order valence-corrected chi connectivity index (χ2v) is 13.2. The molecule has 1 aromatic heterocycles. The molecule has 264 valence electrons. The van der Waals surface area contributed by atoms with Crippen LogP contribution in [-0.2, 0) is 22.4 Å². The van der Waals surface area contributed by atoms with E-state index in [4.69, 9.17) is 9.47 Å². The van der Waals surface area contributed by atoms with Crippen molar-refractivity contribution in [3.63, 3.8) is 0 Å². The lowest BCUT2D eigenvalue weighted by Crippen LogP contribution is -2.49. The zero-order valence-corrected chi connectivity index (χ0v) is 29.7. The van der Waals surface area contributed by atoms with Crippen LogP contribution in [0.2, 0.25) is 0 Å². The minimum atomic E-state index is -0.638. The van der Waals surface area contributed by atoms with Crippen LogP contribution >= 0.6 is 0 Å². The smallest absolute Gasteiger partial charge is 0.245 e. The van der Waals surface area contributed by atoms with Crippen molar-refractivity contribution >= 4 is 11.8 Å². The molecule has 0 unspecified atom stereocenters. The molecule has 0 aliphatic carbocycles. The molecule has 0 saturated carbocycles.